The van der Waals surface area contributed by atoms with Gasteiger partial charge in [0.25, 0.3) is 17.4 Å². The van der Waals surface area contributed by atoms with Gasteiger partial charge in [0.05, 0.1) is 31.0 Å². The molecule has 3 aromatic rings. The van der Waals surface area contributed by atoms with Crippen LogP contribution in [-0.4, -0.2) is 80.0 Å². The molecule has 13 heteroatoms. The second-order valence-corrected chi connectivity index (χ2v) is 9.79. The molecule has 0 bridgehead atoms. The molecule has 4 heterocycles. The molecule has 1 aliphatic carbocycles. The predicted molar refractivity (Wildman–Crippen MR) is 133 cm³/mol. The molecule has 5 rings (SSSR count). The van der Waals surface area contributed by atoms with Gasteiger partial charge in [-0.15, -0.1) is 0 Å². The van der Waals surface area contributed by atoms with E-state index < -0.39 is 23.2 Å². The van der Waals surface area contributed by atoms with Crippen LogP contribution in [0.5, 0.6) is 0 Å². The summed E-state index contributed by atoms with van der Waals surface area (Å²) in [5.41, 5.74) is -0.130. The lowest BCUT2D eigenvalue weighted by atomic mass is 10.2. The minimum absolute atomic E-state index is 0.0132. The molecule has 0 unspecified atom stereocenters. The number of nitrogens with zero attached hydrogens (tertiary/aromatic N) is 6. The van der Waals surface area contributed by atoms with E-state index in [1.165, 1.54) is 28.7 Å². The predicted octanol–water partition coefficient (Wildman–Crippen LogP) is 1.14. The Kier molecular flexibility index (Phi) is 6.69. The van der Waals surface area contributed by atoms with Crippen LogP contribution in [0.2, 0.25) is 0 Å². The number of carbonyl (C=O) groups excluding carboxylic acids is 3. The monoisotopic (exact) mass is 525 g/mol. The summed E-state index contributed by atoms with van der Waals surface area (Å²) < 4.78 is 20.9. The minimum Gasteiger partial charge on any atom is -0.383 e. The number of aromatic nitrogens is 4. The fraction of sp³-hybridized carbons (Fsp3) is 0.440. The van der Waals surface area contributed by atoms with E-state index in [0.717, 1.165) is 29.6 Å². The number of hydrogen-bond donors (Lipinski definition) is 1. The molecule has 1 fully saturated rings. The Balaban J connectivity index is 1.56. The van der Waals surface area contributed by atoms with Gasteiger partial charge in [0, 0.05) is 26.8 Å². The van der Waals surface area contributed by atoms with E-state index in [9.17, 15) is 23.6 Å². The molecule has 1 aliphatic heterocycles. The lowest BCUT2D eigenvalue weighted by Crippen LogP contribution is -2.37. The summed E-state index contributed by atoms with van der Waals surface area (Å²) >= 11 is 0. The Morgan fingerprint density at radius 3 is 2.71 bits per heavy atom. The minimum atomic E-state index is -0.562. The molecule has 200 valence electrons. The summed E-state index contributed by atoms with van der Waals surface area (Å²) in [6, 6.07) is 3.56. The number of halogens is 1. The van der Waals surface area contributed by atoms with Crippen LogP contribution >= 0.6 is 0 Å². The maximum Gasteiger partial charge on any atom is 0.280 e. The van der Waals surface area contributed by atoms with Crippen molar-refractivity contribution in [1.29, 1.82) is 0 Å². The van der Waals surface area contributed by atoms with E-state index in [2.05, 4.69) is 15.4 Å². The summed E-state index contributed by atoms with van der Waals surface area (Å²) in [6.45, 7) is 2.28. The number of methoxy groups -OCH3 is 1. The second kappa shape index (κ2) is 9.97. The van der Waals surface area contributed by atoms with Crippen molar-refractivity contribution >= 4 is 29.2 Å². The maximum atomic E-state index is 13.5. The summed E-state index contributed by atoms with van der Waals surface area (Å²) in [5.74, 6) is -1.32. The fourth-order valence-corrected chi connectivity index (χ4v) is 4.68. The molecule has 38 heavy (non-hydrogen) atoms. The van der Waals surface area contributed by atoms with Crippen molar-refractivity contribution in [1.82, 2.24) is 29.0 Å². The lowest BCUT2D eigenvalue weighted by molar-refractivity contribution is -0.116. The smallest absolute Gasteiger partial charge is 0.280 e. The summed E-state index contributed by atoms with van der Waals surface area (Å²) in [5, 5.41) is 6.85. The number of carbonyl (C=O) groups is 3. The van der Waals surface area contributed by atoms with Gasteiger partial charge >= 0.3 is 0 Å². The highest BCUT2D eigenvalue weighted by Gasteiger charge is 2.38. The van der Waals surface area contributed by atoms with E-state index in [-0.39, 0.29) is 60.1 Å². The molecular formula is C25H28FN7O5. The number of amides is 3. The first-order valence-corrected chi connectivity index (χ1v) is 12.3. The second-order valence-electron chi connectivity index (χ2n) is 9.79. The number of nitrogens with one attached hydrogen (secondary N) is 1. The first kappa shape index (κ1) is 25.5. The van der Waals surface area contributed by atoms with E-state index in [1.807, 2.05) is 0 Å². The standard InChI is InChI=1S/C25H28FN7O5/c1-14(13-38-3)31-11-17-22(25(31)37)32(12-20(34)28-19-7-6-16(26)9-27-19)21-8-18(29-33(21)23(17)35)24(36)30(2)10-15-4-5-15/h6-9,14-15H,4-5,10-13H2,1-3H3,(H,27,28,34)/t14-/m0/s1. The largest absolute Gasteiger partial charge is 0.383 e. The molecule has 3 aromatic heterocycles. The van der Waals surface area contributed by atoms with Gasteiger partial charge < -0.3 is 24.4 Å². The van der Waals surface area contributed by atoms with Gasteiger partial charge in [-0.1, -0.05) is 0 Å². The highest BCUT2D eigenvalue weighted by atomic mass is 19.1. The fourth-order valence-electron chi connectivity index (χ4n) is 4.68. The number of pyridine rings is 1. The van der Waals surface area contributed by atoms with Crippen LogP contribution in [0.3, 0.4) is 0 Å². The van der Waals surface area contributed by atoms with Gasteiger partial charge in [0.2, 0.25) is 5.91 Å². The van der Waals surface area contributed by atoms with Crippen LogP contribution in [0.25, 0.3) is 5.65 Å². The number of anilines is 1. The molecule has 0 spiro atoms. The molecule has 0 saturated heterocycles. The molecule has 0 radical (unpaired) electrons. The van der Waals surface area contributed by atoms with E-state index in [0.29, 0.717) is 12.5 Å². The molecular weight excluding hydrogens is 497 g/mol. The molecule has 12 nitrogen and oxygen atoms in total. The molecule has 2 aliphatic rings. The SMILES string of the molecule is COC[C@H](C)N1Cc2c(n(CC(=O)Nc3ccc(F)cn3)c3cc(C(=O)N(C)CC4CC4)nn3c2=O)C1=O. The quantitative estimate of drug-likeness (QED) is 0.443. The van der Waals surface area contributed by atoms with E-state index in [4.69, 9.17) is 4.74 Å². The molecule has 1 atom stereocenters. The van der Waals surface area contributed by atoms with Gasteiger partial charge in [-0.3, -0.25) is 19.2 Å². The molecule has 0 aromatic carbocycles. The van der Waals surface area contributed by atoms with Crippen LogP contribution in [0, 0.1) is 11.7 Å². The maximum absolute atomic E-state index is 13.5. The zero-order valence-electron chi connectivity index (χ0n) is 21.3. The third-order valence-electron chi connectivity index (χ3n) is 6.80. The zero-order valence-corrected chi connectivity index (χ0v) is 21.3. The summed E-state index contributed by atoms with van der Waals surface area (Å²) in [4.78, 5) is 59.9. The third-order valence-corrected chi connectivity index (χ3v) is 6.80. The van der Waals surface area contributed by atoms with Gasteiger partial charge in [-0.2, -0.15) is 9.61 Å². The Labute approximate surface area is 217 Å². The van der Waals surface area contributed by atoms with Crippen molar-refractivity contribution in [3.63, 3.8) is 0 Å². The first-order valence-electron chi connectivity index (χ1n) is 12.3. The molecule has 3 amide bonds. The van der Waals surface area contributed by atoms with Crippen LogP contribution in [-0.2, 0) is 22.6 Å². The highest BCUT2D eigenvalue weighted by molar-refractivity contribution is 5.99. The first-order chi connectivity index (χ1) is 18.2. The van der Waals surface area contributed by atoms with Gasteiger partial charge in [-0.25, -0.2) is 9.37 Å². The van der Waals surface area contributed by atoms with Crippen molar-refractivity contribution < 1.29 is 23.5 Å². The van der Waals surface area contributed by atoms with Crippen LogP contribution in [0.15, 0.2) is 29.2 Å². The van der Waals surface area contributed by atoms with Gasteiger partial charge in [0.15, 0.2) is 5.69 Å². The average Bonchev–Trinajstić information content (AvgIpc) is 3.46. The van der Waals surface area contributed by atoms with Crippen LogP contribution in [0.4, 0.5) is 10.2 Å². The number of ether oxygens (including phenoxy) is 1. The van der Waals surface area contributed by atoms with Crippen molar-refractivity contribution in [2.24, 2.45) is 5.92 Å². The van der Waals surface area contributed by atoms with Crippen LogP contribution in [0.1, 0.15) is 46.3 Å². The Morgan fingerprint density at radius 1 is 1.29 bits per heavy atom. The van der Waals surface area contributed by atoms with Crippen LogP contribution < -0.4 is 10.9 Å². The summed E-state index contributed by atoms with van der Waals surface area (Å²) in [7, 11) is 3.20. The third kappa shape index (κ3) is 4.76. The van der Waals surface area contributed by atoms with Crippen molar-refractivity contribution in [3.8, 4) is 0 Å². The number of hydrogen-bond acceptors (Lipinski definition) is 7. The van der Waals surface area contributed by atoms with Crippen molar-refractivity contribution in [3.05, 3.63) is 57.5 Å². The topological polar surface area (TPSA) is 131 Å². The van der Waals surface area contributed by atoms with Gasteiger partial charge in [-0.05, 0) is 37.8 Å². The van der Waals surface area contributed by atoms with Gasteiger partial charge in [0.1, 0.15) is 29.5 Å². The van der Waals surface area contributed by atoms with E-state index >= 15 is 0 Å². The number of fused-ring (bicyclic) bond motifs is 2. The molecule has 1 N–H and O–H groups in total. The van der Waals surface area contributed by atoms with Crippen molar-refractivity contribution in [2.45, 2.75) is 38.9 Å². The Bertz CT molecular complexity index is 1480. The average molecular weight is 526 g/mol. The normalized spacial score (nSPS) is 15.6. The summed E-state index contributed by atoms with van der Waals surface area (Å²) in [6.07, 6.45) is 3.10. The zero-order chi connectivity index (χ0) is 27.1. The Morgan fingerprint density at radius 2 is 2.05 bits per heavy atom. The number of rotatable bonds is 9. The Hall–Kier alpha value is -4.13. The lowest BCUT2D eigenvalue weighted by Gasteiger charge is -2.23. The highest BCUT2D eigenvalue weighted by Crippen LogP contribution is 2.30. The van der Waals surface area contributed by atoms with Crippen molar-refractivity contribution in [2.75, 3.05) is 32.6 Å². The molecule has 1 saturated carbocycles. The van der Waals surface area contributed by atoms with E-state index in [1.54, 1.807) is 18.9 Å².